The Bertz CT molecular complexity index is 263. The van der Waals surface area contributed by atoms with Crippen molar-refractivity contribution in [3.05, 3.63) is 11.5 Å². The summed E-state index contributed by atoms with van der Waals surface area (Å²) in [7, 11) is -0.912. The van der Waals surface area contributed by atoms with Gasteiger partial charge in [0.15, 0.2) is 0 Å². The van der Waals surface area contributed by atoms with Crippen LogP contribution in [0.4, 0.5) is 0 Å². The zero-order valence-electron chi connectivity index (χ0n) is 9.83. The standard InChI is InChI=1S/C11H21NOS/c1-10(2,3)9-11(4,5)12-7-6-8-14(12)13/h6,8H,7,9H2,1-5H3. The minimum absolute atomic E-state index is 0.00656. The molecule has 14 heavy (non-hydrogen) atoms. The van der Waals surface area contributed by atoms with Crippen molar-refractivity contribution >= 4 is 11.0 Å². The van der Waals surface area contributed by atoms with E-state index in [0.29, 0.717) is 0 Å². The Morgan fingerprint density at radius 3 is 2.21 bits per heavy atom. The van der Waals surface area contributed by atoms with Crippen LogP contribution in [0.15, 0.2) is 11.5 Å². The van der Waals surface area contributed by atoms with E-state index >= 15 is 0 Å². The highest BCUT2D eigenvalue weighted by Crippen LogP contribution is 2.33. The molecule has 1 atom stereocenters. The van der Waals surface area contributed by atoms with E-state index in [1.54, 1.807) is 5.41 Å². The monoisotopic (exact) mass is 215 g/mol. The molecule has 0 aromatic carbocycles. The van der Waals surface area contributed by atoms with E-state index in [1.165, 1.54) is 0 Å². The van der Waals surface area contributed by atoms with Gasteiger partial charge in [-0.15, -0.1) is 0 Å². The van der Waals surface area contributed by atoms with Gasteiger partial charge in [0, 0.05) is 17.5 Å². The molecule has 0 aliphatic carbocycles. The zero-order valence-corrected chi connectivity index (χ0v) is 10.6. The second kappa shape index (κ2) is 3.78. The average molecular weight is 215 g/mol. The number of hydrogen-bond acceptors (Lipinski definition) is 1. The van der Waals surface area contributed by atoms with Crippen LogP contribution in [0.5, 0.6) is 0 Å². The highest BCUT2D eigenvalue weighted by Gasteiger charge is 2.35. The molecule has 0 bridgehead atoms. The summed E-state index contributed by atoms with van der Waals surface area (Å²) < 4.78 is 13.7. The van der Waals surface area contributed by atoms with Crippen LogP contribution in [0.25, 0.3) is 0 Å². The quantitative estimate of drug-likeness (QED) is 0.693. The van der Waals surface area contributed by atoms with Crippen molar-refractivity contribution in [3.63, 3.8) is 0 Å². The third kappa shape index (κ3) is 2.92. The fourth-order valence-electron chi connectivity index (χ4n) is 2.24. The lowest BCUT2D eigenvalue weighted by Crippen LogP contribution is -2.45. The van der Waals surface area contributed by atoms with E-state index in [2.05, 4.69) is 38.9 Å². The van der Waals surface area contributed by atoms with Crippen molar-refractivity contribution in [2.75, 3.05) is 6.54 Å². The molecule has 0 aromatic heterocycles. The Morgan fingerprint density at radius 2 is 1.86 bits per heavy atom. The number of rotatable bonds is 2. The lowest BCUT2D eigenvalue weighted by atomic mass is 9.82. The predicted octanol–water partition coefficient (Wildman–Crippen LogP) is 2.69. The molecule has 1 aliphatic rings. The van der Waals surface area contributed by atoms with Crippen molar-refractivity contribution in [1.29, 1.82) is 0 Å². The summed E-state index contributed by atoms with van der Waals surface area (Å²) in [5.41, 5.74) is 0.281. The van der Waals surface area contributed by atoms with E-state index in [-0.39, 0.29) is 11.0 Å². The second-order valence-electron chi connectivity index (χ2n) is 5.76. The van der Waals surface area contributed by atoms with Gasteiger partial charge in [-0.05, 0) is 25.7 Å². The highest BCUT2D eigenvalue weighted by molar-refractivity contribution is 7.85. The third-order valence-electron chi connectivity index (χ3n) is 2.34. The summed E-state index contributed by atoms with van der Waals surface area (Å²) in [5.74, 6) is 0. The molecule has 3 heteroatoms. The maximum Gasteiger partial charge on any atom is 0.120 e. The maximum atomic E-state index is 11.7. The van der Waals surface area contributed by atoms with Crippen LogP contribution in [0.3, 0.4) is 0 Å². The van der Waals surface area contributed by atoms with Gasteiger partial charge in [-0.25, -0.2) is 8.51 Å². The number of hydrogen-bond donors (Lipinski definition) is 0. The predicted molar refractivity (Wildman–Crippen MR) is 62.1 cm³/mol. The zero-order chi connectivity index (χ0) is 11.0. The van der Waals surface area contributed by atoms with Crippen LogP contribution in [-0.4, -0.2) is 20.6 Å². The first kappa shape index (κ1) is 11.9. The summed E-state index contributed by atoms with van der Waals surface area (Å²) >= 11 is 0. The molecule has 2 nitrogen and oxygen atoms in total. The van der Waals surface area contributed by atoms with Crippen LogP contribution < -0.4 is 0 Å². The molecular weight excluding hydrogens is 194 g/mol. The van der Waals surface area contributed by atoms with E-state index in [1.807, 2.05) is 6.08 Å². The Labute approximate surface area is 90.0 Å². The molecule has 1 aliphatic heterocycles. The first-order chi connectivity index (χ1) is 6.22. The van der Waals surface area contributed by atoms with Crippen molar-refractivity contribution in [3.8, 4) is 0 Å². The van der Waals surface area contributed by atoms with Crippen molar-refractivity contribution in [2.24, 2.45) is 5.41 Å². The van der Waals surface area contributed by atoms with Crippen molar-refractivity contribution in [1.82, 2.24) is 4.31 Å². The molecule has 1 unspecified atom stereocenters. The minimum atomic E-state index is -0.912. The first-order valence-electron chi connectivity index (χ1n) is 5.07. The van der Waals surface area contributed by atoms with Gasteiger partial charge < -0.3 is 0 Å². The Balaban J connectivity index is 2.70. The van der Waals surface area contributed by atoms with Gasteiger partial charge >= 0.3 is 0 Å². The molecule has 1 rings (SSSR count). The molecule has 0 saturated heterocycles. The molecule has 0 spiro atoms. The largest absolute Gasteiger partial charge is 0.238 e. The van der Waals surface area contributed by atoms with Gasteiger partial charge in [-0.1, -0.05) is 26.8 Å². The molecule has 0 radical (unpaired) electrons. The van der Waals surface area contributed by atoms with Gasteiger partial charge in [0.25, 0.3) is 0 Å². The summed E-state index contributed by atoms with van der Waals surface area (Å²) in [6, 6.07) is 0. The molecule has 0 saturated carbocycles. The molecule has 0 N–H and O–H groups in total. The Kier molecular flexibility index (Phi) is 3.22. The Morgan fingerprint density at radius 1 is 1.29 bits per heavy atom. The Hall–Kier alpha value is -0.150. The molecule has 0 amide bonds. The third-order valence-corrected chi connectivity index (χ3v) is 3.84. The topological polar surface area (TPSA) is 20.3 Å². The summed E-state index contributed by atoms with van der Waals surface area (Å²) in [5, 5.41) is 1.78. The minimum Gasteiger partial charge on any atom is -0.238 e. The summed E-state index contributed by atoms with van der Waals surface area (Å²) in [6.45, 7) is 11.8. The first-order valence-corrected chi connectivity index (χ1v) is 6.24. The van der Waals surface area contributed by atoms with E-state index in [0.717, 1.165) is 13.0 Å². The lowest BCUT2D eigenvalue weighted by molar-refractivity contribution is 0.174. The maximum absolute atomic E-state index is 11.7. The molecular formula is C11H21NOS. The van der Waals surface area contributed by atoms with Gasteiger partial charge in [-0.2, -0.15) is 0 Å². The normalized spacial score (nSPS) is 24.5. The SMILES string of the molecule is CC(C)(C)CC(C)(C)N1CC=CS1=O. The van der Waals surface area contributed by atoms with E-state index < -0.39 is 11.0 Å². The van der Waals surface area contributed by atoms with Crippen LogP contribution in [0.2, 0.25) is 0 Å². The molecule has 82 valence electrons. The van der Waals surface area contributed by atoms with Gasteiger partial charge in [-0.3, -0.25) is 0 Å². The average Bonchev–Trinajstić information content (AvgIpc) is 2.29. The smallest absolute Gasteiger partial charge is 0.120 e. The molecule has 0 fully saturated rings. The van der Waals surface area contributed by atoms with Crippen molar-refractivity contribution < 1.29 is 4.21 Å². The molecule has 1 heterocycles. The van der Waals surface area contributed by atoms with Gasteiger partial charge in [0.1, 0.15) is 11.0 Å². The summed E-state index contributed by atoms with van der Waals surface area (Å²) in [4.78, 5) is 0. The lowest BCUT2D eigenvalue weighted by Gasteiger charge is -2.38. The van der Waals surface area contributed by atoms with Crippen molar-refractivity contribution in [2.45, 2.75) is 46.6 Å². The number of nitrogens with zero attached hydrogens (tertiary/aromatic N) is 1. The molecule has 0 aromatic rings. The van der Waals surface area contributed by atoms with Crippen LogP contribution in [0.1, 0.15) is 41.0 Å². The van der Waals surface area contributed by atoms with Gasteiger partial charge in [0.05, 0.1) is 0 Å². The van der Waals surface area contributed by atoms with Crippen LogP contribution in [-0.2, 0) is 11.0 Å². The van der Waals surface area contributed by atoms with Crippen LogP contribution in [0, 0.1) is 5.41 Å². The van der Waals surface area contributed by atoms with Crippen LogP contribution >= 0.6 is 0 Å². The fraction of sp³-hybridized carbons (Fsp3) is 0.818. The highest BCUT2D eigenvalue weighted by atomic mass is 32.2. The summed E-state index contributed by atoms with van der Waals surface area (Å²) in [6.07, 6.45) is 3.04. The fourth-order valence-corrected chi connectivity index (χ4v) is 3.43. The van der Waals surface area contributed by atoms with Gasteiger partial charge in [0.2, 0.25) is 0 Å². The second-order valence-corrected chi connectivity index (χ2v) is 7.02. The van der Waals surface area contributed by atoms with E-state index in [4.69, 9.17) is 0 Å². The van der Waals surface area contributed by atoms with E-state index in [9.17, 15) is 4.21 Å².